The van der Waals surface area contributed by atoms with Crippen LogP contribution in [-0.2, 0) is 23.7 Å². The number of carbonyl (C=O) groups excluding carboxylic acids is 3. The minimum Gasteiger partial charge on any atom is -0.463 e. The van der Waals surface area contributed by atoms with Gasteiger partial charge in [-0.25, -0.2) is 9.59 Å². The highest BCUT2D eigenvalue weighted by molar-refractivity contribution is 5.90. The molecule has 2 heterocycles. The lowest BCUT2D eigenvalue weighted by Gasteiger charge is -2.69. The molecule has 216 valence electrons. The van der Waals surface area contributed by atoms with Gasteiger partial charge in [0.1, 0.15) is 17.8 Å². The lowest BCUT2D eigenvalue weighted by molar-refractivity contribution is -0.338. The van der Waals surface area contributed by atoms with Crippen LogP contribution in [0.1, 0.15) is 80.0 Å². The first-order chi connectivity index (χ1) is 19.5. The molecular formula is C34H38O7. The van der Waals surface area contributed by atoms with Crippen LogP contribution in [0.25, 0.3) is 0 Å². The van der Waals surface area contributed by atoms with Gasteiger partial charge in [-0.1, -0.05) is 62.4 Å². The van der Waals surface area contributed by atoms with E-state index in [4.69, 9.17) is 18.9 Å². The largest absolute Gasteiger partial charge is 0.463 e. The molecule has 6 rings (SSSR count). The molecule has 2 saturated heterocycles. The summed E-state index contributed by atoms with van der Waals surface area (Å²) in [7, 11) is 0. The number of rotatable bonds is 4. The van der Waals surface area contributed by atoms with E-state index in [-0.39, 0.29) is 24.9 Å². The summed E-state index contributed by atoms with van der Waals surface area (Å²) in [6.07, 6.45) is 2.35. The quantitative estimate of drug-likeness (QED) is 0.255. The number of hydrogen-bond donors (Lipinski definition) is 0. The second kappa shape index (κ2) is 9.83. The van der Waals surface area contributed by atoms with E-state index in [1.165, 1.54) is 0 Å². The van der Waals surface area contributed by atoms with Gasteiger partial charge in [0.2, 0.25) is 0 Å². The van der Waals surface area contributed by atoms with Crippen molar-refractivity contribution in [3.8, 4) is 0 Å². The minimum atomic E-state index is -1.09. The van der Waals surface area contributed by atoms with Crippen molar-refractivity contribution in [3.63, 3.8) is 0 Å². The predicted molar refractivity (Wildman–Crippen MR) is 151 cm³/mol. The Morgan fingerprint density at radius 2 is 1.46 bits per heavy atom. The number of carbonyl (C=O) groups is 3. The highest BCUT2D eigenvalue weighted by Gasteiger charge is 2.74. The molecule has 1 spiro atoms. The van der Waals surface area contributed by atoms with Crippen LogP contribution in [0.3, 0.4) is 0 Å². The van der Waals surface area contributed by atoms with Crippen molar-refractivity contribution < 1.29 is 33.3 Å². The summed E-state index contributed by atoms with van der Waals surface area (Å²) in [4.78, 5) is 39.7. The minimum absolute atomic E-state index is 0.0388. The van der Waals surface area contributed by atoms with E-state index in [1.807, 2.05) is 19.1 Å². The number of cyclic esters (lactones) is 1. The Morgan fingerprint density at radius 3 is 2.02 bits per heavy atom. The Hall–Kier alpha value is -3.45. The van der Waals surface area contributed by atoms with Gasteiger partial charge >= 0.3 is 17.9 Å². The average molecular weight is 559 g/mol. The second-order valence-corrected chi connectivity index (χ2v) is 12.9. The number of fused-ring (bicyclic) bond motifs is 3. The first kappa shape index (κ1) is 27.7. The lowest BCUT2D eigenvalue weighted by atomic mass is 9.42. The van der Waals surface area contributed by atoms with Crippen LogP contribution in [0, 0.1) is 16.7 Å². The Morgan fingerprint density at radius 1 is 0.878 bits per heavy atom. The van der Waals surface area contributed by atoms with Gasteiger partial charge < -0.3 is 18.9 Å². The molecule has 0 bridgehead atoms. The number of esters is 3. The average Bonchev–Trinajstić information content (AvgIpc) is 3.33. The fourth-order valence-electron chi connectivity index (χ4n) is 8.25. The molecule has 2 aliphatic carbocycles. The van der Waals surface area contributed by atoms with Gasteiger partial charge in [0.05, 0.1) is 17.5 Å². The van der Waals surface area contributed by atoms with Crippen LogP contribution in [0.15, 0.2) is 72.8 Å². The van der Waals surface area contributed by atoms with Crippen LogP contribution in [0.2, 0.25) is 0 Å². The molecule has 0 unspecified atom stereocenters. The maximum atomic E-state index is 13.7. The molecule has 2 aromatic carbocycles. The van der Waals surface area contributed by atoms with Crippen LogP contribution in [0.4, 0.5) is 0 Å². The molecule has 0 amide bonds. The third kappa shape index (κ3) is 4.23. The van der Waals surface area contributed by atoms with Gasteiger partial charge in [-0.05, 0) is 69.2 Å². The number of hydrogen-bond acceptors (Lipinski definition) is 7. The summed E-state index contributed by atoms with van der Waals surface area (Å²) < 4.78 is 25.4. The van der Waals surface area contributed by atoms with Crippen LogP contribution >= 0.6 is 0 Å². The monoisotopic (exact) mass is 558 g/mol. The van der Waals surface area contributed by atoms with Crippen molar-refractivity contribution in [2.45, 2.75) is 82.7 Å². The van der Waals surface area contributed by atoms with Gasteiger partial charge in [0.25, 0.3) is 0 Å². The third-order valence-electron chi connectivity index (χ3n) is 10.7. The highest BCUT2D eigenvalue weighted by Crippen LogP contribution is 2.69. The fourth-order valence-corrected chi connectivity index (χ4v) is 8.25. The van der Waals surface area contributed by atoms with Crippen molar-refractivity contribution in [2.24, 2.45) is 16.7 Å². The van der Waals surface area contributed by atoms with E-state index in [9.17, 15) is 14.4 Å². The van der Waals surface area contributed by atoms with Crippen molar-refractivity contribution in [3.05, 3.63) is 83.9 Å². The summed E-state index contributed by atoms with van der Waals surface area (Å²) >= 11 is 0. The Labute approximate surface area is 241 Å². The number of benzene rings is 2. The molecule has 4 aliphatic rings. The molecular weight excluding hydrogens is 520 g/mol. The van der Waals surface area contributed by atoms with Gasteiger partial charge in [-0.2, -0.15) is 0 Å². The Kier molecular flexibility index (Phi) is 6.64. The molecule has 4 fully saturated rings. The zero-order chi connectivity index (χ0) is 29.0. The van der Waals surface area contributed by atoms with E-state index in [0.717, 1.165) is 31.3 Å². The lowest BCUT2D eigenvalue weighted by Crippen LogP contribution is -2.77. The molecule has 7 heteroatoms. The Balaban J connectivity index is 1.50. The molecule has 2 saturated carbocycles. The van der Waals surface area contributed by atoms with E-state index in [2.05, 4.69) is 20.4 Å². The van der Waals surface area contributed by atoms with Crippen LogP contribution in [0.5, 0.6) is 0 Å². The zero-order valence-corrected chi connectivity index (χ0v) is 24.0. The van der Waals surface area contributed by atoms with E-state index in [1.54, 1.807) is 48.5 Å². The third-order valence-corrected chi connectivity index (χ3v) is 10.7. The number of ether oxygens (including phenoxy) is 4. The standard InChI is InChI=1S/C34H38O7/c1-22-12-11-17-25-31(2)18-19-34(20-26(35)38-21-34)41-33(31,4)28(40-30(37)24-15-9-6-10-16-24)27(32(22,25)3)39-29(36)23-13-7-5-8-14-23/h5-10,13-16,25,27-28H,1,11-12,17-21H2,2-4H3/t25-,27+,28+,31-,32+,33+,34+/m1/s1. The summed E-state index contributed by atoms with van der Waals surface area (Å²) in [5.41, 5.74) is -1.26. The first-order valence-corrected chi connectivity index (χ1v) is 14.6. The summed E-state index contributed by atoms with van der Waals surface area (Å²) in [6, 6.07) is 17.7. The van der Waals surface area contributed by atoms with Gasteiger partial charge in [0, 0.05) is 10.8 Å². The molecule has 2 aliphatic heterocycles. The molecule has 2 aromatic rings. The molecule has 7 nitrogen and oxygen atoms in total. The van der Waals surface area contributed by atoms with Gasteiger partial charge in [-0.15, -0.1) is 0 Å². The molecule has 0 N–H and O–H groups in total. The van der Waals surface area contributed by atoms with E-state index < -0.39 is 46.2 Å². The maximum absolute atomic E-state index is 13.7. The zero-order valence-electron chi connectivity index (χ0n) is 24.0. The smallest absolute Gasteiger partial charge is 0.338 e. The topological polar surface area (TPSA) is 88.1 Å². The fraction of sp³-hybridized carbons (Fsp3) is 0.500. The molecule has 41 heavy (non-hydrogen) atoms. The molecule has 0 aromatic heterocycles. The summed E-state index contributed by atoms with van der Waals surface area (Å²) in [5, 5.41) is 0. The van der Waals surface area contributed by atoms with E-state index in [0.29, 0.717) is 17.5 Å². The molecule has 0 radical (unpaired) electrons. The predicted octanol–water partition coefficient (Wildman–Crippen LogP) is 6.07. The van der Waals surface area contributed by atoms with Crippen molar-refractivity contribution in [2.75, 3.05) is 6.61 Å². The van der Waals surface area contributed by atoms with Crippen LogP contribution in [-0.4, -0.2) is 47.9 Å². The Bertz CT molecular complexity index is 1370. The summed E-state index contributed by atoms with van der Waals surface area (Å²) in [6.45, 7) is 11.0. The van der Waals surface area contributed by atoms with Gasteiger partial charge in [0.15, 0.2) is 12.2 Å². The van der Waals surface area contributed by atoms with Gasteiger partial charge in [-0.3, -0.25) is 4.79 Å². The highest BCUT2D eigenvalue weighted by atomic mass is 16.6. The molecule has 7 atom stereocenters. The van der Waals surface area contributed by atoms with E-state index >= 15 is 0 Å². The normalized spacial score (nSPS) is 38.0. The first-order valence-electron chi connectivity index (χ1n) is 14.6. The van der Waals surface area contributed by atoms with Crippen molar-refractivity contribution >= 4 is 17.9 Å². The SMILES string of the molecule is C=C1CCC[C@H]2[C@@]1(C)[C@@H](OC(=O)c1ccccc1)[C@H](OC(=O)c1ccccc1)[C@]1(C)O[C@]3(CC[C@]21C)COC(=O)C3. The van der Waals surface area contributed by atoms with Crippen molar-refractivity contribution in [1.29, 1.82) is 0 Å². The maximum Gasteiger partial charge on any atom is 0.338 e. The summed E-state index contributed by atoms with van der Waals surface area (Å²) in [5.74, 6) is -1.28. The van der Waals surface area contributed by atoms with Crippen LogP contribution < -0.4 is 0 Å². The van der Waals surface area contributed by atoms with Crippen molar-refractivity contribution in [1.82, 2.24) is 0 Å². The second-order valence-electron chi connectivity index (χ2n) is 12.9.